The second-order valence-corrected chi connectivity index (χ2v) is 9.97. The Morgan fingerprint density at radius 3 is 2.80 bits per heavy atom. The van der Waals surface area contributed by atoms with E-state index in [0.717, 1.165) is 70.0 Å². The van der Waals surface area contributed by atoms with Crippen LogP contribution in [0.4, 0.5) is 0 Å². The fraction of sp³-hybridized carbons (Fsp3) is 0.571. The smallest absolute Gasteiger partial charge is 0.266 e. The minimum Gasteiger partial charge on any atom is -0.379 e. The zero-order valence-electron chi connectivity index (χ0n) is 17.1. The maximum absolute atomic E-state index is 12.6. The molecule has 164 valence electrons. The highest BCUT2D eigenvalue weighted by Crippen LogP contribution is 2.33. The summed E-state index contributed by atoms with van der Waals surface area (Å²) in [6.45, 7) is 5.95. The Bertz CT molecular complexity index is 746. The summed E-state index contributed by atoms with van der Waals surface area (Å²) in [5.41, 5.74) is 0. The van der Waals surface area contributed by atoms with Crippen LogP contribution >= 0.6 is 35.3 Å². The highest BCUT2D eigenvalue weighted by atomic mass is 32.2. The fourth-order valence-corrected chi connectivity index (χ4v) is 5.40. The van der Waals surface area contributed by atoms with Crippen LogP contribution in [0.3, 0.4) is 0 Å². The van der Waals surface area contributed by atoms with Gasteiger partial charge in [0.2, 0.25) is 5.91 Å². The van der Waals surface area contributed by atoms with Crippen LogP contribution in [-0.2, 0) is 14.3 Å². The van der Waals surface area contributed by atoms with Gasteiger partial charge in [-0.15, -0.1) is 11.3 Å². The number of thiophene rings is 1. The lowest BCUT2D eigenvalue weighted by Crippen LogP contribution is -2.38. The maximum Gasteiger partial charge on any atom is 0.266 e. The van der Waals surface area contributed by atoms with Gasteiger partial charge in [-0.05, 0) is 43.3 Å². The lowest BCUT2D eigenvalue weighted by molar-refractivity contribution is -0.122. The van der Waals surface area contributed by atoms with E-state index >= 15 is 0 Å². The molecule has 3 heterocycles. The Morgan fingerprint density at radius 1 is 1.20 bits per heavy atom. The SMILES string of the molecule is O=C(CCCCCN1C(=O)/C(=C/c2cccs2)SC1=S)NCCCN1CCOCC1. The summed E-state index contributed by atoms with van der Waals surface area (Å²) >= 11 is 8.35. The van der Waals surface area contributed by atoms with Crippen molar-refractivity contribution in [3.8, 4) is 0 Å². The van der Waals surface area contributed by atoms with Gasteiger partial charge in [0.25, 0.3) is 5.91 Å². The molecule has 9 heteroatoms. The number of unbranched alkanes of at least 4 members (excludes halogenated alkanes) is 2. The monoisotopic (exact) mass is 467 g/mol. The molecule has 1 aromatic heterocycles. The third kappa shape index (κ3) is 7.46. The van der Waals surface area contributed by atoms with Gasteiger partial charge in [-0.1, -0.05) is 36.5 Å². The Balaban J connectivity index is 1.24. The van der Waals surface area contributed by atoms with Crippen LogP contribution in [-0.4, -0.2) is 71.9 Å². The highest BCUT2D eigenvalue weighted by Gasteiger charge is 2.31. The number of nitrogens with one attached hydrogen (secondary N) is 1. The molecule has 0 spiro atoms. The summed E-state index contributed by atoms with van der Waals surface area (Å²) in [5, 5.41) is 5.00. The number of morpholine rings is 1. The van der Waals surface area contributed by atoms with Crippen molar-refractivity contribution < 1.29 is 14.3 Å². The summed E-state index contributed by atoms with van der Waals surface area (Å²) in [4.78, 5) is 30.3. The normalized spacial score (nSPS) is 19.1. The molecule has 2 aliphatic rings. The Labute approximate surface area is 192 Å². The highest BCUT2D eigenvalue weighted by molar-refractivity contribution is 8.26. The average Bonchev–Trinajstić information content (AvgIpc) is 3.35. The van der Waals surface area contributed by atoms with Crippen LogP contribution in [0.15, 0.2) is 22.4 Å². The van der Waals surface area contributed by atoms with Gasteiger partial charge >= 0.3 is 0 Å². The van der Waals surface area contributed by atoms with E-state index in [-0.39, 0.29) is 11.8 Å². The van der Waals surface area contributed by atoms with E-state index in [9.17, 15) is 9.59 Å². The van der Waals surface area contributed by atoms with Gasteiger partial charge in [-0.3, -0.25) is 19.4 Å². The quantitative estimate of drug-likeness (QED) is 0.306. The number of thiocarbonyl (C=S) groups is 1. The molecule has 1 aromatic rings. The number of thioether (sulfide) groups is 1. The second-order valence-electron chi connectivity index (χ2n) is 7.32. The lowest BCUT2D eigenvalue weighted by Gasteiger charge is -2.26. The molecule has 0 unspecified atom stereocenters. The molecule has 2 fully saturated rings. The van der Waals surface area contributed by atoms with E-state index in [1.54, 1.807) is 16.2 Å². The predicted octanol–water partition coefficient (Wildman–Crippen LogP) is 3.35. The van der Waals surface area contributed by atoms with Crippen LogP contribution in [0.25, 0.3) is 6.08 Å². The van der Waals surface area contributed by atoms with Gasteiger partial charge in [0.05, 0.1) is 18.1 Å². The molecule has 0 aromatic carbocycles. The number of rotatable bonds is 11. The first-order chi connectivity index (χ1) is 14.6. The zero-order chi connectivity index (χ0) is 21.2. The van der Waals surface area contributed by atoms with Crippen molar-refractivity contribution in [3.63, 3.8) is 0 Å². The van der Waals surface area contributed by atoms with Gasteiger partial charge in [0, 0.05) is 37.5 Å². The van der Waals surface area contributed by atoms with Crippen LogP contribution < -0.4 is 5.32 Å². The number of carbonyl (C=O) groups is 2. The minimum atomic E-state index is -0.00332. The van der Waals surface area contributed by atoms with Crippen LogP contribution in [0, 0.1) is 0 Å². The topological polar surface area (TPSA) is 61.9 Å². The molecular formula is C21H29N3O3S3. The molecule has 0 radical (unpaired) electrons. The largest absolute Gasteiger partial charge is 0.379 e. The van der Waals surface area contributed by atoms with E-state index in [4.69, 9.17) is 17.0 Å². The summed E-state index contributed by atoms with van der Waals surface area (Å²) in [6.07, 6.45) is 6.00. The van der Waals surface area contributed by atoms with Gasteiger partial charge in [0.15, 0.2) is 0 Å². The number of ether oxygens (including phenoxy) is 1. The zero-order valence-corrected chi connectivity index (χ0v) is 19.6. The summed E-state index contributed by atoms with van der Waals surface area (Å²) < 4.78 is 5.96. The lowest BCUT2D eigenvalue weighted by atomic mass is 10.2. The van der Waals surface area contributed by atoms with E-state index in [1.165, 1.54) is 11.8 Å². The first-order valence-corrected chi connectivity index (χ1v) is 12.6. The second kappa shape index (κ2) is 12.6. The van der Waals surface area contributed by atoms with Gasteiger partial charge < -0.3 is 10.1 Å². The van der Waals surface area contributed by atoms with Crippen LogP contribution in [0.5, 0.6) is 0 Å². The van der Waals surface area contributed by atoms with E-state index in [1.807, 2.05) is 23.6 Å². The van der Waals surface area contributed by atoms with Gasteiger partial charge in [0.1, 0.15) is 4.32 Å². The van der Waals surface area contributed by atoms with Crippen molar-refractivity contribution in [1.29, 1.82) is 0 Å². The van der Waals surface area contributed by atoms with Gasteiger partial charge in [-0.2, -0.15) is 0 Å². The van der Waals surface area contributed by atoms with E-state index < -0.39 is 0 Å². The maximum atomic E-state index is 12.6. The molecular weight excluding hydrogens is 438 g/mol. The Kier molecular flexibility index (Phi) is 9.80. The van der Waals surface area contributed by atoms with Crippen molar-refractivity contribution in [2.24, 2.45) is 0 Å². The van der Waals surface area contributed by atoms with Crippen molar-refractivity contribution in [3.05, 3.63) is 27.3 Å². The van der Waals surface area contributed by atoms with Gasteiger partial charge in [-0.25, -0.2) is 0 Å². The molecule has 2 saturated heterocycles. The molecule has 0 saturated carbocycles. The van der Waals surface area contributed by atoms with Crippen molar-refractivity contribution in [1.82, 2.24) is 15.1 Å². The fourth-order valence-electron chi connectivity index (χ4n) is 3.37. The molecule has 6 nitrogen and oxygen atoms in total. The molecule has 30 heavy (non-hydrogen) atoms. The summed E-state index contributed by atoms with van der Waals surface area (Å²) in [7, 11) is 0. The number of carbonyl (C=O) groups excluding carboxylic acids is 2. The average molecular weight is 468 g/mol. The molecule has 1 N–H and O–H groups in total. The first kappa shape index (κ1) is 23.4. The van der Waals surface area contributed by atoms with Crippen LogP contribution in [0.1, 0.15) is 37.0 Å². The molecule has 3 rings (SSSR count). The van der Waals surface area contributed by atoms with Crippen molar-refractivity contribution >= 4 is 57.5 Å². The van der Waals surface area contributed by atoms with E-state index in [0.29, 0.717) is 22.2 Å². The minimum absolute atomic E-state index is 0.00332. The number of amides is 2. The van der Waals surface area contributed by atoms with Crippen molar-refractivity contribution in [2.75, 3.05) is 45.9 Å². The summed E-state index contributed by atoms with van der Waals surface area (Å²) in [5.74, 6) is 0.109. The third-order valence-corrected chi connectivity index (χ3v) is 7.25. The van der Waals surface area contributed by atoms with Crippen LogP contribution in [0.2, 0.25) is 0 Å². The number of hydrogen-bond acceptors (Lipinski definition) is 7. The third-order valence-electron chi connectivity index (χ3n) is 5.05. The molecule has 2 amide bonds. The predicted molar refractivity (Wildman–Crippen MR) is 128 cm³/mol. The Hall–Kier alpha value is -1.26. The van der Waals surface area contributed by atoms with E-state index in [2.05, 4.69) is 10.2 Å². The Morgan fingerprint density at radius 2 is 2.03 bits per heavy atom. The van der Waals surface area contributed by atoms with Crippen molar-refractivity contribution in [2.45, 2.75) is 32.1 Å². The first-order valence-electron chi connectivity index (χ1n) is 10.5. The molecule has 0 atom stereocenters. The molecule has 0 aliphatic carbocycles. The molecule has 2 aliphatic heterocycles. The number of nitrogens with zero attached hydrogens (tertiary/aromatic N) is 2. The molecule has 0 bridgehead atoms. The standard InChI is InChI=1S/C21H29N3O3S3/c25-19(22-8-5-9-23-11-13-27-14-12-23)7-2-1-3-10-24-20(26)18(30-21(24)28)16-17-6-4-15-29-17/h4,6,15-16H,1-3,5,7-14H2,(H,22,25)/b18-16-. The number of hydrogen-bond donors (Lipinski definition) is 1. The summed E-state index contributed by atoms with van der Waals surface area (Å²) in [6, 6.07) is 3.96.